The van der Waals surface area contributed by atoms with Gasteiger partial charge >= 0.3 is 6.09 Å². The zero-order valence-electron chi connectivity index (χ0n) is 23.3. The Morgan fingerprint density at radius 3 is 2.34 bits per heavy atom. The van der Waals surface area contributed by atoms with Crippen LogP contribution in [0.1, 0.15) is 52.4 Å². The van der Waals surface area contributed by atoms with E-state index in [1.54, 1.807) is 21.6 Å². The minimum Gasteiger partial charge on any atom is -0.476 e. The van der Waals surface area contributed by atoms with Crippen molar-refractivity contribution in [3.8, 4) is 5.88 Å². The second-order valence-electron chi connectivity index (χ2n) is 11.3. The molecule has 0 radical (unpaired) electrons. The molecule has 1 aliphatic carbocycles. The molecule has 4 rings (SSSR count). The van der Waals surface area contributed by atoms with E-state index in [4.69, 9.17) is 9.47 Å². The van der Waals surface area contributed by atoms with Crippen LogP contribution in [0, 0.1) is 5.92 Å². The quantitative estimate of drug-likeness (QED) is 0.409. The van der Waals surface area contributed by atoms with Crippen LogP contribution in [0.3, 0.4) is 0 Å². The van der Waals surface area contributed by atoms with E-state index in [-0.39, 0.29) is 23.5 Å². The van der Waals surface area contributed by atoms with Crippen molar-refractivity contribution in [2.24, 2.45) is 5.92 Å². The first-order valence-electron chi connectivity index (χ1n) is 13.9. The molecule has 214 valence electrons. The van der Waals surface area contributed by atoms with Gasteiger partial charge in [-0.15, -0.1) is 0 Å². The van der Waals surface area contributed by atoms with Gasteiger partial charge in [-0.2, -0.15) is 4.31 Å². The summed E-state index contributed by atoms with van der Waals surface area (Å²) < 4.78 is 39.0. The Morgan fingerprint density at radius 1 is 1.11 bits per heavy atom. The molecule has 3 fully saturated rings. The lowest BCUT2D eigenvalue weighted by atomic mass is 9.98. The number of ether oxygens (including phenoxy) is 2. The van der Waals surface area contributed by atoms with Crippen molar-refractivity contribution in [3.63, 3.8) is 0 Å². The van der Waals surface area contributed by atoms with Crippen molar-refractivity contribution >= 4 is 21.9 Å². The summed E-state index contributed by atoms with van der Waals surface area (Å²) in [7, 11) is 0.569. The molecular formula is C26H44N6O5S. The lowest BCUT2D eigenvalue weighted by molar-refractivity contribution is 0.0454. The number of carbonyl (C=O) groups is 1. The molecule has 2 saturated heterocycles. The topological polar surface area (TPSA) is 108 Å². The molecule has 0 aromatic carbocycles. The number of anilines is 1. The molecular weight excluding hydrogens is 508 g/mol. The Morgan fingerprint density at radius 2 is 1.79 bits per heavy atom. The SMILES string of the molecule is CCCC(CS(=O)(=O)N1CCN(c2cnc(OCC3CCN(C(=O)OC4(C)CC4)CC3)cn2)CC1)N(C)C. The van der Waals surface area contributed by atoms with E-state index in [0.717, 1.165) is 44.3 Å². The maximum Gasteiger partial charge on any atom is 0.410 e. The highest BCUT2D eigenvalue weighted by Gasteiger charge is 2.43. The molecule has 1 atom stereocenters. The molecule has 0 spiro atoms. The monoisotopic (exact) mass is 552 g/mol. The van der Waals surface area contributed by atoms with Crippen molar-refractivity contribution in [1.29, 1.82) is 0 Å². The fourth-order valence-electron chi connectivity index (χ4n) is 4.95. The highest BCUT2D eigenvalue weighted by atomic mass is 32.2. The number of likely N-dealkylation sites (tertiary alicyclic amines) is 1. The van der Waals surface area contributed by atoms with Gasteiger partial charge in [0.1, 0.15) is 11.4 Å². The Labute approximate surface area is 227 Å². The van der Waals surface area contributed by atoms with Crippen LogP contribution in [0.5, 0.6) is 5.88 Å². The molecule has 12 heteroatoms. The van der Waals surface area contributed by atoms with E-state index >= 15 is 0 Å². The van der Waals surface area contributed by atoms with Gasteiger partial charge in [0.2, 0.25) is 15.9 Å². The van der Waals surface area contributed by atoms with Crippen LogP contribution in [0.2, 0.25) is 0 Å². The molecule has 1 aromatic heterocycles. The summed E-state index contributed by atoms with van der Waals surface area (Å²) in [6.07, 6.45) is 8.61. The third-order valence-electron chi connectivity index (χ3n) is 7.95. The molecule has 38 heavy (non-hydrogen) atoms. The number of piperazine rings is 1. The molecule has 0 bridgehead atoms. The molecule has 3 heterocycles. The number of amides is 1. The zero-order chi connectivity index (χ0) is 27.3. The number of carbonyl (C=O) groups excluding carboxylic acids is 1. The van der Waals surface area contributed by atoms with E-state index in [1.807, 2.05) is 25.9 Å². The zero-order valence-corrected chi connectivity index (χ0v) is 24.2. The van der Waals surface area contributed by atoms with E-state index in [1.165, 1.54) is 0 Å². The maximum atomic E-state index is 13.0. The first-order chi connectivity index (χ1) is 18.1. The Balaban J connectivity index is 1.18. The lowest BCUT2D eigenvalue weighted by Gasteiger charge is -2.35. The fraction of sp³-hybridized carbons (Fsp3) is 0.808. The number of hydrogen-bond acceptors (Lipinski definition) is 9. The maximum absolute atomic E-state index is 13.0. The van der Waals surface area contributed by atoms with Crippen LogP contribution in [-0.2, 0) is 14.8 Å². The molecule has 2 aliphatic heterocycles. The normalized spacial score (nSPS) is 21.4. The number of sulfonamides is 1. The van der Waals surface area contributed by atoms with Gasteiger partial charge in [-0.1, -0.05) is 13.3 Å². The number of nitrogens with zero attached hydrogens (tertiary/aromatic N) is 6. The molecule has 1 unspecified atom stereocenters. The van der Waals surface area contributed by atoms with Crippen molar-refractivity contribution in [3.05, 3.63) is 12.4 Å². The smallest absolute Gasteiger partial charge is 0.410 e. The van der Waals surface area contributed by atoms with E-state index in [2.05, 4.69) is 21.8 Å². The van der Waals surface area contributed by atoms with Crippen LogP contribution < -0.4 is 9.64 Å². The van der Waals surface area contributed by atoms with Crippen LogP contribution in [0.25, 0.3) is 0 Å². The fourth-order valence-corrected chi connectivity index (χ4v) is 6.84. The summed E-state index contributed by atoms with van der Waals surface area (Å²) in [6, 6.07) is 0.0291. The van der Waals surface area contributed by atoms with Crippen molar-refractivity contribution in [2.45, 2.75) is 64.0 Å². The highest BCUT2D eigenvalue weighted by Crippen LogP contribution is 2.39. The molecule has 1 aromatic rings. The van der Waals surface area contributed by atoms with Crippen molar-refractivity contribution < 1.29 is 22.7 Å². The van der Waals surface area contributed by atoms with E-state index < -0.39 is 10.0 Å². The molecule has 3 aliphatic rings. The minimum atomic E-state index is -3.31. The first kappa shape index (κ1) is 28.8. The van der Waals surface area contributed by atoms with E-state index in [9.17, 15) is 13.2 Å². The van der Waals surface area contributed by atoms with Crippen LogP contribution >= 0.6 is 0 Å². The Kier molecular flexibility index (Phi) is 9.36. The minimum absolute atomic E-state index is 0.0291. The highest BCUT2D eigenvalue weighted by molar-refractivity contribution is 7.89. The summed E-state index contributed by atoms with van der Waals surface area (Å²) in [6.45, 7) is 8.02. The number of hydrogen-bond donors (Lipinski definition) is 0. The predicted molar refractivity (Wildman–Crippen MR) is 146 cm³/mol. The number of piperidine rings is 1. The van der Waals surface area contributed by atoms with Gasteiger partial charge in [-0.3, -0.25) is 0 Å². The third kappa shape index (κ3) is 7.69. The van der Waals surface area contributed by atoms with Crippen LogP contribution in [0.4, 0.5) is 10.6 Å². The lowest BCUT2D eigenvalue weighted by Crippen LogP contribution is -2.51. The van der Waals surface area contributed by atoms with Gasteiger partial charge in [-0.05, 0) is 59.0 Å². The molecule has 1 saturated carbocycles. The van der Waals surface area contributed by atoms with Crippen molar-refractivity contribution in [2.75, 3.05) is 70.6 Å². The van der Waals surface area contributed by atoms with Crippen LogP contribution in [0.15, 0.2) is 12.4 Å². The summed E-state index contributed by atoms with van der Waals surface area (Å²) in [5, 5.41) is 0. The first-order valence-corrected chi connectivity index (χ1v) is 15.5. The molecule has 11 nitrogen and oxygen atoms in total. The van der Waals surface area contributed by atoms with Gasteiger partial charge in [-0.25, -0.2) is 23.2 Å². The average molecular weight is 553 g/mol. The average Bonchev–Trinajstić information content (AvgIpc) is 3.64. The largest absolute Gasteiger partial charge is 0.476 e. The summed E-state index contributed by atoms with van der Waals surface area (Å²) >= 11 is 0. The van der Waals surface area contributed by atoms with Gasteiger partial charge in [0.15, 0.2) is 0 Å². The third-order valence-corrected chi connectivity index (χ3v) is 9.91. The number of aromatic nitrogens is 2. The van der Waals surface area contributed by atoms with E-state index in [0.29, 0.717) is 57.7 Å². The van der Waals surface area contributed by atoms with Gasteiger partial charge in [0.25, 0.3) is 0 Å². The van der Waals surface area contributed by atoms with Gasteiger partial charge < -0.3 is 24.2 Å². The standard InChI is InChI=1S/C26H44N6O5S/c1-5-6-22(29(3)4)20-38(34,35)32-15-13-30(14-16-32)23-17-28-24(18-27-23)36-19-21-7-11-31(12-8-21)25(33)37-26(2)9-10-26/h17-18,21-22H,5-16,19-20H2,1-4H3. The van der Waals surface area contributed by atoms with Crippen molar-refractivity contribution in [1.82, 2.24) is 24.1 Å². The molecule has 1 amide bonds. The van der Waals surface area contributed by atoms with Gasteiger partial charge in [0, 0.05) is 45.3 Å². The number of rotatable bonds is 11. The second kappa shape index (κ2) is 12.3. The Bertz CT molecular complexity index is 1020. The predicted octanol–water partition coefficient (Wildman–Crippen LogP) is 2.44. The summed E-state index contributed by atoms with van der Waals surface area (Å²) in [5.41, 5.74) is -0.239. The molecule has 0 N–H and O–H groups in total. The van der Waals surface area contributed by atoms with Gasteiger partial charge in [0.05, 0.1) is 24.8 Å². The summed E-state index contributed by atoms with van der Waals surface area (Å²) in [5.74, 6) is 1.71. The summed E-state index contributed by atoms with van der Waals surface area (Å²) in [4.78, 5) is 27.1. The Hall–Kier alpha value is -2.18. The second-order valence-corrected chi connectivity index (χ2v) is 13.4. The van der Waals surface area contributed by atoms with Crippen LogP contribution in [-0.4, -0.2) is 116 Å².